The highest BCUT2D eigenvalue weighted by Gasteiger charge is 2.71. The zero-order valence-electron chi connectivity index (χ0n) is 21.0. The zero-order valence-corrected chi connectivity index (χ0v) is 21.0. The van der Waals surface area contributed by atoms with Crippen LogP contribution in [0.4, 0.5) is 5.69 Å². The molecule has 1 aromatic carbocycles. The van der Waals surface area contributed by atoms with Gasteiger partial charge in [-0.25, -0.2) is 0 Å². The number of nitro groups is 1. The fraction of sp³-hybridized carbons (Fsp3) is 0.464. The van der Waals surface area contributed by atoms with Gasteiger partial charge in [-0.2, -0.15) is 0 Å². The molecule has 1 spiro atoms. The van der Waals surface area contributed by atoms with Gasteiger partial charge in [0.15, 0.2) is 5.43 Å². The van der Waals surface area contributed by atoms with Crippen LogP contribution >= 0.6 is 0 Å². The van der Waals surface area contributed by atoms with Crippen molar-refractivity contribution in [1.29, 1.82) is 0 Å². The van der Waals surface area contributed by atoms with E-state index in [2.05, 4.69) is 32.9 Å². The average Bonchev–Trinajstić information content (AvgIpc) is 3.23. The van der Waals surface area contributed by atoms with Gasteiger partial charge in [-0.05, 0) is 45.6 Å². The maximum atomic E-state index is 12.8. The van der Waals surface area contributed by atoms with E-state index in [0.717, 1.165) is 5.56 Å². The van der Waals surface area contributed by atoms with E-state index in [9.17, 15) is 14.9 Å². The Bertz CT molecular complexity index is 1340. The maximum absolute atomic E-state index is 12.8. The fourth-order valence-corrected chi connectivity index (χ4v) is 7.57. The van der Waals surface area contributed by atoms with Gasteiger partial charge < -0.3 is 13.9 Å². The number of benzene rings is 1. The van der Waals surface area contributed by atoms with E-state index in [1.807, 2.05) is 12.1 Å². The molecule has 0 N–H and O–H groups in total. The van der Waals surface area contributed by atoms with Crippen molar-refractivity contribution in [3.63, 3.8) is 0 Å². The molecule has 2 aliphatic carbocycles. The van der Waals surface area contributed by atoms with Crippen molar-refractivity contribution in [3.05, 3.63) is 90.4 Å². The number of fused-ring (bicyclic) bond motifs is 2. The molecule has 0 unspecified atom stereocenters. The molecule has 3 aliphatic rings. The molecule has 2 heterocycles. The quantitative estimate of drug-likeness (QED) is 0.399. The molecule has 1 aromatic heterocycles. The Balaban J connectivity index is 1.60. The van der Waals surface area contributed by atoms with Gasteiger partial charge in [0.2, 0.25) is 0 Å². The summed E-state index contributed by atoms with van der Waals surface area (Å²) in [6.45, 7) is 10.6. The van der Waals surface area contributed by atoms with Crippen LogP contribution in [0.2, 0.25) is 0 Å². The highest BCUT2D eigenvalue weighted by molar-refractivity contribution is 5.48. The van der Waals surface area contributed by atoms with E-state index < -0.39 is 0 Å². The first-order valence-electron chi connectivity index (χ1n) is 12.0. The Kier molecular flexibility index (Phi) is 5.33. The number of allylic oxidation sites excluding steroid dienone is 4. The van der Waals surface area contributed by atoms with Crippen LogP contribution in [0.15, 0.2) is 56.8 Å². The Morgan fingerprint density at radius 2 is 1.77 bits per heavy atom. The summed E-state index contributed by atoms with van der Waals surface area (Å²) in [5.74, 6) is 1.10. The van der Waals surface area contributed by atoms with Crippen LogP contribution in [-0.2, 0) is 4.74 Å². The summed E-state index contributed by atoms with van der Waals surface area (Å²) >= 11 is 0. The number of methoxy groups -OCH3 is 1. The fourth-order valence-electron chi connectivity index (χ4n) is 7.57. The van der Waals surface area contributed by atoms with Crippen molar-refractivity contribution in [2.45, 2.75) is 53.1 Å². The summed E-state index contributed by atoms with van der Waals surface area (Å²) in [6, 6.07) is 6.94. The van der Waals surface area contributed by atoms with Crippen molar-refractivity contribution >= 4 is 5.69 Å². The minimum Gasteiger partial charge on any atom is -0.468 e. The zero-order chi connectivity index (χ0) is 25.3. The van der Waals surface area contributed by atoms with Gasteiger partial charge in [0.25, 0.3) is 11.6 Å². The molecule has 1 aliphatic heterocycles. The highest BCUT2D eigenvalue weighted by atomic mass is 16.6. The van der Waals surface area contributed by atoms with E-state index in [1.165, 1.54) is 18.3 Å². The average molecular weight is 478 g/mol. The molecule has 35 heavy (non-hydrogen) atoms. The third-order valence-corrected chi connectivity index (χ3v) is 8.44. The SMILES string of the molecule is COc1oc([C@H]2C[C@]3(CO2)[C@@H]2C(C)=CC(C)=C[C@]2(C)[C@@H]3c2ccc([N+](=O)[O-])cc2)c(C)c(=O)c1C. The van der Waals surface area contributed by atoms with Gasteiger partial charge in [0.05, 0.1) is 24.2 Å². The molecule has 5 rings (SSSR count). The second-order valence-corrected chi connectivity index (χ2v) is 10.6. The molecule has 0 amide bonds. The number of nitrogens with zero attached hydrogens (tertiary/aromatic N) is 1. The van der Waals surface area contributed by atoms with E-state index in [-0.39, 0.29) is 50.8 Å². The molecule has 1 saturated carbocycles. The Morgan fingerprint density at radius 1 is 1.09 bits per heavy atom. The smallest absolute Gasteiger partial charge is 0.291 e. The predicted molar refractivity (Wildman–Crippen MR) is 132 cm³/mol. The van der Waals surface area contributed by atoms with Crippen LogP contribution in [-0.4, -0.2) is 18.6 Å². The number of nitro benzene ring substituents is 1. The minimum absolute atomic E-state index is 0.0833. The number of rotatable bonds is 4. The first-order valence-corrected chi connectivity index (χ1v) is 12.0. The standard InChI is InChI=1S/C28H31NO6/c1-15-11-16(2)24-27(5,12-15)25(19-7-9-20(10-8-19)29(31)32)28(24)13-21(34-14-28)23-17(3)22(30)18(4)26(33-6)35-23/h7-12,21,24-25H,13-14H2,1-6H3/t21-,24-,25+,27+,28+/m1/s1. The van der Waals surface area contributed by atoms with E-state index in [1.54, 1.807) is 26.0 Å². The van der Waals surface area contributed by atoms with Gasteiger partial charge in [0, 0.05) is 34.4 Å². The van der Waals surface area contributed by atoms with Gasteiger partial charge in [-0.15, -0.1) is 0 Å². The van der Waals surface area contributed by atoms with Crippen molar-refractivity contribution in [1.82, 2.24) is 0 Å². The van der Waals surface area contributed by atoms with Crippen molar-refractivity contribution < 1.29 is 18.8 Å². The lowest BCUT2D eigenvalue weighted by atomic mass is 9.35. The predicted octanol–water partition coefficient (Wildman–Crippen LogP) is 5.95. The monoisotopic (exact) mass is 477 g/mol. The first-order chi connectivity index (χ1) is 16.5. The van der Waals surface area contributed by atoms with Crippen LogP contribution in [0.3, 0.4) is 0 Å². The van der Waals surface area contributed by atoms with Crippen molar-refractivity contribution in [3.8, 4) is 5.95 Å². The lowest BCUT2D eigenvalue weighted by Crippen LogP contribution is -2.62. The van der Waals surface area contributed by atoms with Crippen LogP contribution in [0.1, 0.15) is 61.7 Å². The first kappa shape index (κ1) is 23.5. The second kappa shape index (κ2) is 7.92. The normalized spacial score (nSPS) is 31.4. The summed E-state index contributed by atoms with van der Waals surface area (Å²) in [5, 5.41) is 11.3. The molecule has 1 saturated heterocycles. The number of hydrogen-bond donors (Lipinski definition) is 0. The largest absolute Gasteiger partial charge is 0.468 e. The molecule has 7 nitrogen and oxygen atoms in total. The second-order valence-electron chi connectivity index (χ2n) is 10.6. The van der Waals surface area contributed by atoms with Crippen molar-refractivity contribution in [2.75, 3.05) is 13.7 Å². The van der Waals surface area contributed by atoms with E-state index in [0.29, 0.717) is 29.9 Å². The van der Waals surface area contributed by atoms with E-state index in [4.69, 9.17) is 13.9 Å². The molecule has 5 atom stereocenters. The third kappa shape index (κ3) is 3.24. The number of ether oxygens (including phenoxy) is 2. The molecular formula is C28H31NO6. The van der Waals surface area contributed by atoms with Crippen LogP contribution in [0.25, 0.3) is 0 Å². The summed E-state index contributed by atoms with van der Waals surface area (Å²) < 4.78 is 17.8. The maximum Gasteiger partial charge on any atom is 0.291 e. The Hall–Kier alpha value is -3.19. The molecule has 2 fully saturated rings. The topological polar surface area (TPSA) is 91.8 Å². The number of non-ortho nitro benzene ring substituents is 1. The van der Waals surface area contributed by atoms with Crippen molar-refractivity contribution in [2.24, 2.45) is 16.7 Å². The van der Waals surface area contributed by atoms with Crippen LogP contribution in [0, 0.1) is 40.7 Å². The third-order valence-electron chi connectivity index (χ3n) is 8.44. The molecule has 2 aromatic rings. The lowest BCUT2D eigenvalue weighted by Gasteiger charge is -2.67. The minimum atomic E-state index is -0.373. The summed E-state index contributed by atoms with van der Waals surface area (Å²) in [4.78, 5) is 23.7. The van der Waals surface area contributed by atoms with Gasteiger partial charge in [0.1, 0.15) is 11.9 Å². The summed E-state index contributed by atoms with van der Waals surface area (Å²) in [6.07, 6.45) is 4.90. The highest BCUT2D eigenvalue weighted by Crippen LogP contribution is 2.76. The summed E-state index contributed by atoms with van der Waals surface area (Å²) in [7, 11) is 1.49. The van der Waals surface area contributed by atoms with E-state index >= 15 is 0 Å². The van der Waals surface area contributed by atoms with Gasteiger partial charge >= 0.3 is 0 Å². The van der Waals surface area contributed by atoms with Gasteiger partial charge in [-0.1, -0.05) is 42.4 Å². The molecular weight excluding hydrogens is 446 g/mol. The van der Waals surface area contributed by atoms with Crippen LogP contribution < -0.4 is 10.2 Å². The number of hydrogen-bond acceptors (Lipinski definition) is 6. The lowest BCUT2D eigenvalue weighted by molar-refractivity contribution is -0.384. The molecule has 0 bridgehead atoms. The Labute approximate surface area is 204 Å². The van der Waals surface area contributed by atoms with Gasteiger partial charge in [-0.3, -0.25) is 14.9 Å². The molecule has 184 valence electrons. The summed E-state index contributed by atoms with van der Waals surface area (Å²) in [5.41, 5.74) is 4.23. The van der Waals surface area contributed by atoms with Crippen LogP contribution in [0.5, 0.6) is 5.95 Å². The molecule has 0 radical (unpaired) electrons. The molecule has 7 heteroatoms. The Morgan fingerprint density at radius 3 is 2.40 bits per heavy atom.